The fourth-order valence-corrected chi connectivity index (χ4v) is 2.94. The Labute approximate surface area is 127 Å². The summed E-state index contributed by atoms with van der Waals surface area (Å²) in [5.74, 6) is -0.390. The van der Waals surface area contributed by atoms with Gasteiger partial charge in [0.15, 0.2) is 0 Å². The second-order valence-corrected chi connectivity index (χ2v) is 6.24. The first kappa shape index (κ1) is 15.0. The number of methoxy groups -OCH3 is 1. The number of ether oxygens (including phenoxy) is 1. The van der Waals surface area contributed by atoms with Gasteiger partial charge in [-0.15, -0.1) is 0 Å². The van der Waals surface area contributed by atoms with Gasteiger partial charge >= 0.3 is 5.97 Å². The molecule has 5 heteroatoms. The first-order valence-electron chi connectivity index (χ1n) is 6.53. The Bertz CT molecular complexity index is 526. The topological polar surface area (TPSA) is 46.6 Å². The van der Waals surface area contributed by atoms with Gasteiger partial charge in [0.25, 0.3) is 0 Å². The van der Waals surface area contributed by atoms with E-state index < -0.39 is 0 Å². The van der Waals surface area contributed by atoms with E-state index in [1.165, 1.54) is 23.1 Å². The largest absolute Gasteiger partial charge is 0.468 e. The van der Waals surface area contributed by atoms with Crippen molar-refractivity contribution in [2.75, 3.05) is 20.2 Å². The van der Waals surface area contributed by atoms with E-state index in [1.54, 1.807) is 0 Å². The van der Waals surface area contributed by atoms with Crippen molar-refractivity contribution < 1.29 is 14.3 Å². The van der Waals surface area contributed by atoms with Crippen molar-refractivity contribution in [1.82, 2.24) is 4.90 Å². The van der Waals surface area contributed by atoms with Gasteiger partial charge in [0.2, 0.25) is 6.41 Å². The molecule has 20 heavy (non-hydrogen) atoms. The number of carbonyl (C=O) groups is 2. The number of rotatable bonds is 6. The van der Waals surface area contributed by atoms with Gasteiger partial charge in [-0.2, -0.15) is 0 Å². The van der Waals surface area contributed by atoms with Gasteiger partial charge in [-0.3, -0.25) is 9.59 Å². The molecule has 1 aliphatic carbocycles. The van der Waals surface area contributed by atoms with Gasteiger partial charge in [-0.1, -0.05) is 22.0 Å². The van der Waals surface area contributed by atoms with E-state index in [1.807, 2.05) is 6.07 Å². The molecule has 1 aromatic carbocycles. The zero-order valence-electron chi connectivity index (χ0n) is 11.7. The molecule has 0 bridgehead atoms. The standard InChI is InChI=1S/C15H18BrNO3/c1-11-3-4-12(16)7-13(11)15(5-6-15)9-17(10-18)8-14(19)20-2/h3-4,7,10H,5-6,8-9H2,1-2H3. The summed E-state index contributed by atoms with van der Waals surface area (Å²) in [5, 5.41) is 0. The number of halogens is 1. The van der Waals surface area contributed by atoms with Crippen molar-refractivity contribution in [3.05, 3.63) is 33.8 Å². The van der Waals surface area contributed by atoms with Crippen LogP contribution in [0.5, 0.6) is 0 Å². The third-order valence-electron chi connectivity index (χ3n) is 3.84. The molecule has 0 heterocycles. The minimum atomic E-state index is -0.390. The summed E-state index contributed by atoms with van der Waals surface area (Å²) in [6.07, 6.45) is 2.80. The minimum absolute atomic E-state index is 0.00873. The molecule has 0 spiro atoms. The fraction of sp³-hybridized carbons (Fsp3) is 0.467. The number of esters is 1. The molecule has 1 saturated carbocycles. The average Bonchev–Trinajstić information content (AvgIpc) is 3.21. The third kappa shape index (κ3) is 3.20. The molecule has 0 aliphatic heterocycles. The van der Waals surface area contributed by atoms with E-state index in [-0.39, 0.29) is 17.9 Å². The summed E-state index contributed by atoms with van der Waals surface area (Å²) in [5.41, 5.74) is 2.46. The molecule has 1 aromatic rings. The van der Waals surface area contributed by atoms with Gasteiger partial charge in [0.1, 0.15) is 6.54 Å². The van der Waals surface area contributed by atoms with Gasteiger partial charge in [0, 0.05) is 16.4 Å². The van der Waals surface area contributed by atoms with Crippen LogP contribution in [0, 0.1) is 6.92 Å². The summed E-state index contributed by atoms with van der Waals surface area (Å²) in [6.45, 7) is 2.64. The Morgan fingerprint density at radius 3 is 2.75 bits per heavy atom. The molecule has 108 valence electrons. The van der Waals surface area contributed by atoms with Crippen LogP contribution >= 0.6 is 15.9 Å². The van der Waals surface area contributed by atoms with Crippen LogP contribution in [0.25, 0.3) is 0 Å². The van der Waals surface area contributed by atoms with Crippen LogP contribution in [-0.2, 0) is 19.7 Å². The van der Waals surface area contributed by atoms with E-state index >= 15 is 0 Å². The molecule has 0 saturated heterocycles. The average molecular weight is 340 g/mol. The third-order valence-corrected chi connectivity index (χ3v) is 4.33. The number of benzene rings is 1. The van der Waals surface area contributed by atoms with Crippen LogP contribution in [0.3, 0.4) is 0 Å². The molecule has 1 amide bonds. The molecule has 0 aromatic heterocycles. The maximum atomic E-state index is 11.3. The highest BCUT2D eigenvalue weighted by Crippen LogP contribution is 2.50. The number of nitrogens with zero attached hydrogens (tertiary/aromatic N) is 1. The maximum absolute atomic E-state index is 11.3. The predicted octanol–water partition coefficient (Wildman–Crippen LogP) is 2.42. The molecule has 0 unspecified atom stereocenters. The van der Waals surface area contributed by atoms with E-state index in [0.717, 1.165) is 23.7 Å². The number of hydrogen-bond donors (Lipinski definition) is 0. The molecule has 0 radical (unpaired) electrons. The monoisotopic (exact) mass is 339 g/mol. The van der Waals surface area contributed by atoms with Crippen LogP contribution in [0.2, 0.25) is 0 Å². The van der Waals surface area contributed by atoms with Gasteiger partial charge in [-0.05, 0) is 43.0 Å². The Balaban J connectivity index is 2.16. The molecule has 2 rings (SSSR count). The van der Waals surface area contributed by atoms with Crippen molar-refractivity contribution in [1.29, 1.82) is 0 Å². The van der Waals surface area contributed by atoms with Crippen molar-refractivity contribution >= 4 is 28.3 Å². The smallest absolute Gasteiger partial charge is 0.325 e. The van der Waals surface area contributed by atoms with Crippen LogP contribution < -0.4 is 0 Å². The van der Waals surface area contributed by atoms with Gasteiger partial charge in [0.05, 0.1) is 7.11 Å². The summed E-state index contributed by atoms with van der Waals surface area (Å²) in [4.78, 5) is 24.0. The second kappa shape index (κ2) is 5.95. The Hall–Kier alpha value is -1.36. The first-order valence-corrected chi connectivity index (χ1v) is 7.33. The highest BCUT2D eigenvalue weighted by atomic mass is 79.9. The van der Waals surface area contributed by atoms with E-state index in [2.05, 4.69) is 39.7 Å². The zero-order valence-corrected chi connectivity index (χ0v) is 13.3. The summed E-state index contributed by atoms with van der Waals surface area (Å²) in [6, 6.07) is 6.20. The van der Waals surface area contributed by atoms with Gasteiger partial charge < -0.3 is 9.64 Å². The lowest BCUT2D eigenvalue weighted by atomic mass is 9.91. The highest BCUT2D eigenvalue weighted by molar-refractivity contribution is 9.10. The SMILES string of the molecule is COC(=O)CN(C=O)CC1(c2cc(Br)ccc2C)CC1. The van der Waals surface area contributed by atoms with Gasteiger partial charge in [-0.25, -0.2) is 0 Å². The summed E-state index contributed by atoms with van der Waals surface area (Å²) < 4.78 is 5.66. The second-order valence-electron chi connectivity index (χ2n) is 5.33. The normalized spacial score (nSPS) is 15.6. The quantitative estimate of drug-likeness (QED) is 0.590. The van der Waals surface area contributed by atoms with Crippen LogP contribution in [0.1, 0.15) is 24.0 Å². The molecule has 1 aliphatic rings. The predicted molar refractivity (Wildman–Crippen MR) is 79.4 cm³/mol. The van der Waals surface area contributed by atoms with Crippen molar-refractivity contribution in [2.45, 2.75) is 25.2 Å². The Morgan fingerprint density at radius 2 is 2.20 bits per heavy atom. The Kier molecular flexibility index (Phi) is 4.48. The summed E-state index contributed by atoms with van der Waals surface area (Å²) >= 11 is 3.49. The number of aryl methyl sites for hydroxylation is 1. The number of carbonyl (C=O) groups excluding carboxylic acids is 2. The first-order chi connectivity index (χ1) is 9.50. The number of hydrogen-bond acceptors (Lipinski definition) is 3. The van der Waals surface area contributed by atoms with Crippen LogP contribution in [-0.4, -0.2) is 37.5 Å². The zero-order chi connectivity index (χ0) is 14.8. The maximum Gasteiger partial charge on any atom is 0.325 e. The van der Waals surface area contributed by atoms with E-state index in [4.69, 9.17) is 0 Å². The minimum Gasteiger partial charge on any atom is -0.468 e. The molecule has 0 atom stereocenters. The molecular formula is C15H18BrNO3. The highest BCUT2D eigenvalue weighted by Gasteiger charge is 2.46. The van der Waals surface area contributed by atoms with Crippen LogP contribution in [0.4, 0.5) is 0 Å². The fourth-order valence-electron chi connectivity index (χ4n) is 2.58. The number of amides is 1. The lowest BCUT2D eigenvalue weighted by molar-refractivity contribution is -0.144. The molecule has 1 fully saturated rings. The van der Waals surface area contributed by atoms with Crippen molar-refractivity contribution in [3.63, 3.8) is 0 Å². The van der Waals surface area contributed by atoms with Crippen LogP contribution in [0.15, 0.2) is 22.7 Å². The summed E-state index contributed by atoms with van der Waals surface area (Å²) in [7, 11) is 1.33. The molecular weight excluding hydrogens is 322 g/mol. The van der Waals surface area contributed by atoms with E-state index in [9.17, 15) is 9.59 Å². The van der Waals surface area contributed by atoms with Crippen molar-refractivity contribution in [2.24, 2.45) is 0 Å². The lowest BCUT2D eigenvalue weighted by Gasteiger charge is -2.25. The van der Waals surface area contributed by atoms with E-state index in [0.29, 0.717) is 6.54 Å². The van der Waals surface area contributed by atoms with Crippen molar-refractivity contribution in [3.8, 4) is 0 Å². The molecule has 4 nitrogen and oxygen atoms in total. The lowest BCUT2D eigenvalue weighted by Crippen LogP contribution is -2.36. The Morgan fingerprint density at radius 1 is 1.50 bits per heavy atom. The molecule has 0 N–H and O–H groups in total.